The first kappa shape index (κ1) is 10.7. The molecule has 82 valence electrons. The van der Waals surface area contributed by atoms with E-state index in [9.17, 15) is 0 Å². The summed E-state index contributed by atoms with van der Waals surface area (Å²) in [6.45, 7) is 1.85. The molecule has 3 N–H and O–H groups in total. The Morgan fingerprint density at radius 2 is 2.00 bits per heavy atom. The van der Waals surface area contributed by atoms with Crippen LogP contribution in [0.3, 0.4) is 0 Å². The Labute approximate surface area is 98.2 Å². The van der Waals surface area contributed by atoms with Gasteiger partial charge in [-0.2, -0.15) is 5.10 Å². The summed E-state index contributed by atoms with van der Waals surface area (Å²) in [4.78, 5) is 0. The number of nitrogens with zero attached hydrogens (tertiary/aromatic N) is 2. The van der Waals surface area contributed by atoms with E-state index in [0.717, 1.165) is 11.4 Å². The van der Waals surface area contributed by atoms with Gasteiger partial charge in [0.25, 0.3) is 0 Å². The molecule has 2 rings (SSSR count). The van der Waals surface area contributed by atoms with Crippen LogP contribution >= 0.6 is 11.6 Å². The van der Waals surface area contributed by atoms with Crippen molar-refractivity contribution in [2.24, 2.45) is 5.73 Å². The molecule has 0 unspecified atom stereocenters. The third kappa shape index (κ3) is 1.92. The zero-order chi connectivity index (χ0) is 11.7. The van der Waals surface area contributed by atoms with Crippen molar-refractivity contribution in [1.82, 2.24) is 9.78 Å². The van der Waals surface area contributed by atoms with E-state index >= 15 is 0 Å². The summed E-state index contributed by atoms with van der Waals surface area (Å²) in [5.41, 5.74) is 7.74. The third-order valence-corrected chi connectivity index (χ3v) is 2.65. The molecule has 0 saturated heterocycles. The highest BCUT2D eigenvalue weighted by Crippen LogP contribution is 2.16. The van der Waals surface area contributed by atoms with Crippen LogP contribution in [-0.4, -0.2) is 15.6 Å². The second kappa shape index (κ2) is 3.98. The third-order valence-electron chi connectivity index (χ3n) is 2.28. The summed E-state index contributed by atoms with van der Waals surface area (Å²) in [7, 11) is 0. The molecule has 0 saturated carbocycles. The number of aromatic nitrogens is 2. The minimum absolute atomic E-state index is 0.0567. The first-order valence-electron chi connectivity index (χ1n) is 4.74. The SMILES string of the molecule is Cc1nn(-c2ccc(C(=N)N)cc2)cc1Cl. The Bertz CT molecular complexity index is 508. The van der Waals surface area contributed by atoms with Gasteiger partial charge in [0.05, 0.1) is 16.4 Å². The number of amidine groups is 1. The van der Waals surface area contributed by atoms with Crippen molar-refractivity contribution in [2.75, 3.05) is 0 Å². The second-order valence-corrected chi connectivity index (χ2v) is 3.87. The van der Waals surface area contributed by atoms with Gasteiger partial charge in [-0.3, -0.25) is 5.41 Å². The van der Waals surface area contributed by atoms with Crippen molar-refractivity contribution in [3.63, 3.8) is 0 Å². The van der Waals surface area contributed by atoms with Gasteiger partial charge in [0.15, 0.2) is 0 Å². The number of nitrogen functional groups attached to an aromatic ring is 1. The summed E-state index contributed by atoms with van der Waals surface area (Å²) < 4.78 is 1.70. The summed E-state index contributed by atoms with van der Waals surface area (Å²) >= 11 is 5.92. The van der Waals surface area contributed by atoms with Crippen LogP contribution in [0.15, 0.2) is 30.5 Å². The molecular formula is C11H11ClN4. The van der Waals surface area contributed by atoms with Crippen LogP contribution < -0.4 is 5.73 Å². The van der Waals surface area contributed by atoms with Gasteiger partial charge in [0.1, 0.15) is 5.84 Å². The molecule has 2 aromatic rings. The maximum Gasteiger partial charge on any atom is 0.122 e. The minimum atomic E-state index is 0.0567. The van der Waals surface area contributed by atoms with Gasteiger partial charge in [0, 0.05) is 11.8 Å². The van der Waals surface area contributed by atoms with Crippen molar-refractivity contribution < 1.29 is 0 Å². The number of halogens is 1. The molecule has 0 aliphatic heterocycles. The molecule has 0 fully saturated rings. The normalized spacial score (nSPS) is 10.4. The molecule has 0 aliphatic rings. The predicted octanol–water partition coefficient (Wildman–Crippen LogP) is 2.12. The predicted molar refractivity (Wildman–Crippen MR) is 64.3 cm³/mol. The Kier molecular flexibility index (Phi) is 2.66. The number of nitrogens with one attached hydrogen (secondary N) is 1. The highest BCUT2D eigenvalue weighted by Gasteiger charge is 2.04. The van der Waals surface area contributed by atoms with Crippen LogP contribution in [-0.2, 0) is 0 Å². The molecule has 0 spiro atoms. The number of rotatable bonds is 2. The minimum Gasteiger partial charge on any atom is -0.384 e. The van der Waals surface area contributed by atoms with E-state index in [1.54, 1.807) is 23.0 Å². The van der Waals surface area contributed by atoms with Gasteiger partial charge in [-0.05, 0) is 31.2 Å². The van der Waals surface area contributed by atoms with Crippen LogP contribution in [0, 0.1) is 12.3 Å². The summed E-state index contributed by atoms with van der Waals surface area (Å²) in [5, 5.41) is 12.2. The van der Waals surface area contributed by atoms with Crippen molar-refractivity contribution in [3.05, 3.63) is 46.7 Å². The standard InChI is InChI=1S/C11H11ClN4/c1-7-10(12)6-16(15-7)9-4-2-8(3-5-9)11(13)14/h2-6H,1H3,(H3,13,14). The number of hydrogen-bond donors (Lipinski definition) is 2. The quantitative estimate of drug-likeness (QED) is 0.617. The lowest BCUT2D eigenvalue weighted by atomic mass is 10.2. The van der Waals surface area contributed by atoms with Gasteiger partial charge >= 0.3 is 0 Å². The zero-order valence-corrected chi connectivity index (χ0v) is 9.49. The van der Waals surface area contributed by atoms with Crippen LogP contribution in [0.4, 0.5) is 0 Å². The van der Waals surface area contributed by atoms with Gasteiger partial charge in [0.2, 0.25) is 0 Å². The maximum absolute atomic E-state index is 7.28. The molecule has 0 amide bonds. The molecule has 0 atom stereocenters. The lowest BCUT2D eigenvalue weighted by molar-refractivity contribution is 0.862. The van der Waals surface area contributed by atoms with E-state index in [-0.39, 0.29) is 5.84 Å². The number of aryl methyl sites for hydroxylation is 1. The molecule has 1 aromatic heterocycles. The fraction of sp³-hybridized carbons (Fsp3) is 0.0909. The van der Waals surface area contributed by atoms with Crippen molar-refractivity contribution >= 4 is 17.4 Å². The Hall–Kier alpha value is -1.81. The van der Waals surface area contributed by atoms with Crippen LogP contribution in [0.1, 0.15) is 11.3 Å². The van der Waals surface area contributed by atoms with Gasteiger partial charge < -0.3 is 5.73 Å². The molecular weight excluding hydrogens is 224 g/mol. The molecule has 4 nitrogen and oxygen atoms in total. The van der Waals surface area contributed by atoms with E-state index < -0.39 is 0 Å². The largest absolute Gasteiger partial charge is 0.384 e. The lowest BCUT2D eigenvalue weighted by Gasteiger charge is -2.02. The first-order valence-corrected chi connectivity index (χ1v) is 5.12. The molecule has 0 radical (unpaired) electrons. The molecule has 5 heteroatoms. The fourth-order valence-corrected chi connectivity index (χ4v) is 1.50. The highest BCUT2D eigenvalue weighted by molar-refractivity contribution is 6.31. The lowest BCUT2D eigenvalue weighted by Crippen LogP contribution is -2.10. The smallest absolute Gasteiger partial charge is 0.122 e. The summed E-state index contributed by atoms with van der Waals surface area (Å²) in [5.74, 6) is 0.0567. The average Bonchev–Trinajstić information content (AvgIpc) is 2.59. The molecule has 16 heavy (non-hydrogen) atoms. The Morgan fingerprint density at radius 1 is 1.38 bits per heavy atom. The van der Waals surface area contributed by atoms with E-state index in [1.165, 1.54) is 0 Å². The number of nitrogens with two attached hydrogens (primary N) is 1. The van der Waals surface area contributed by atoms with Gasteiger partial charge in [-0.15, -0.1) is 0 Å². The van der Waals surface area contributed by atoms with Gasteiger partial charge in [-0.1, -0.05) is 11.6 Å². The molecule has 0 aliphatic carbocycles. The number of hydrogen-bond acceptors (Lipinski definition) is 2. The first-order chi connectivity index (χ1) is 7.58. The Balaban J connectivity index is 2.38. The maximum atomic E-state index is 7.28. The fourth-order valence-electron chi connectivity index (χ4n) is 1.37. The topological polar surface area (TPSA) is 67.7 Å². The molecule has 1 aromatic carbocycles. The molecule has 1 heterocycles. The van der Waals surface area contributed by atoms with Crippen molar-refractivity contribution in [2.45, 2.75) is 6.92 Å². The van der Waals surface area contributed by atoms with E-state index in [4.69, 9.17) is 22.7 Å². The summed E-state index contributed by atoms with van der Waals surface area (Å²) in [6.07, 6.45) is 1.75. The van der Waals surface area contributed by atoms with Gasteiger partial charge in [-0.25, -0.2) is 4.68 Å². The second-order valence-electron chi connectivity index (χ2n) is 3.47. The van der Waals surface area contributed by atoms with Crippen LogP contribution in [0.25, 0.3) is 5.69 Å². The number of benzene rings is 1. The zero-order valence-electron chi connectivity index (χ0n) is 8.74. The Morgan fingerprint density at radius 3 is 2.44 bits per heavy atom. The van der Waals surface area contributed by atoms with Crippen LogP contribution in [0.5, 0.6) is 0 Å². The van der Waals surface area contributed by atoms with Crippen molar-refractivity contribution in [3.8, 4) is 5.69 Å². The van der Waals surface area contributed by atoms with E-state index in [0.29, 0.717) is 10.6 Å². The van der Waals surface area contributed by atoms with E-state index in [2.05, 4.69) is 5.10 Å². The summed E-state index contributed by atoms with van der Waals surface area (Å²) in [6, 6.07) is 7.25. The van der Waals surface area contributed by atoms with E-state index in [1.807, 2.05) is 19.1 Å². The van der Waals surface area contributed by atoms with Crippen LogP contribution in [0.2, 0.25) is 5.02 Å². The molecule has 0 bridgehead atoms. The monoisotopic (exact) mass is 234 g/mol. The average molecular weight is 235 g/mol. The highest BCUT2D eigenvalue weighted by atomic mass is 35.5. The van der Waals surface area contributed by atoms with Crippen molar-refractivity contribution in [1.29, 1.82) is 5.41 Å².